The number of unbranched alkanes of at least 4 members (excludes halogenated alkanes) is 37. The van der Waals surface area contributed by atoms with Crippen molar-refractivity contribution >= 4 is 17.9 Å². The van der Waals surface area contributed by atoms with Crippen molar-refractivity contribution in [2.75, 3.05) is 13.2 Å². The third kappa shape index (κ3) is 50.3. The molecule has 0 aromatic heterocycles. The van der Waals surface area contributed by atoms with Gasteiger partial charge in [0, 0.05) is 19.3 Å². The standard InChI is InChI=1S/C60H116O6/c1-6-9-10-11-12-13-14-15-23-26-29-35-40-45-50-58(61)64-53-57(66-60(63)52-47-42-37-32-31-34-39-44-49-56(5)8-3)54-65-59(62)51-46-41-36-30-27-24-21-19-17-16-18-20-22-25-28-33-38-43-48-55(4)7-2/h55-57H,6-54H2,1-5H3/t55?,56?,57-/m0/s1. The van der Waals surface area contributed by atoms with Crippen LogP contribution in [-0.2, 0) is 28.6 Å². The van der Waals surface area contributed by atoms with Gasteiger partial charge in [-0.25, -0.2) is 0 Å². The van der Waals surface area contributed by atoms with E-state index in [0.717, 1.165) is 69.6 Å². The molecule has 0 saturated heterocycles. The number of rotatable bonds is 54. The van der Waals surface area contributed by atoms with Crippen LogP contribution in [0.15, 0.2) is 0 Å². The van der Waals surface area contributed by atoms with E-state index in [2.05, 4.69) is 34.6 Å². The zero-order valence-corrected chi connectivity index (χ0v) is 45.3. The van der Waals surface area contributed by atoms with Crippen LogP contribution < -0.4 is 0 Å². The van der Waals surface area contributed by atoms with Crippen molar-refractivity contribution in [2.45, 2.75) is 343 Å². The van der Waals surface area contributed by atoms with Crippen LogP contribution in [0.4, 0.5) is 0 Å². The third-order valence-corrected chi connectivity index (χ3v) is 14.4. The second-order valence-corrected chi connectivity index (χ2v) is 21.1. The fourth-order valence-electron chi connectivity index (χ4n) is 9.16. The molecular weight excluding hydrogens is 817 g/mol. The molecule has 6 heteroatoms. The molecule has 0 aliphatic rings. The van der Waals surface area contributed by atoms with Gasteiger partial charge in [-0.1, -0.05) is 298 Å². The number of carbonyl (C=O) groups is 3. The van der Waals surface area contributed by atoms with Gasteiger partial charge in [0.1, 0.15) is 13.2 Å². The molecule has 0 aliphatic carbocycles. The Balaban J connectivity index is 4.22. The van der Waals surface area contributed by atoms with Crippen molar-refractivity contribution < 1.29 is 28.6 Å². The SMILES string of the molecule is CCCCCCCCCCCCCCCCC(=O)OC[C@@H](COC(=O)CCCCCCCCCCCCCCCCCCCCC(C)CC)OC(=O)CCCCCCCCCCC(C)CC. The van der Waals surface area contributed by atoms with Gasteiger partial charge in [-0.3, -0.25) is 14.4 Å². The molecule has 66 heavy (non-hydrogen) atoms. The first-order valence-electron chi connectivity index (χ1n) is 29.8. The van der Waals surface area contributed by atoms with Crippen LogP contribution in [0.2, 0.25) is 0 Å². The third-order valence-electron chi connectivity index (χ3n) is 14.4. The fourth-order valence-corrected chi connectivity index (χ4v) is 9.16. The summed E-state index contributed by atoms with van der Waals surface area (Å²) in [5.41, 5.74) is 0. The average molecular weight is 934 g/mol. The summed E-state index contributed by atoms with van der Waals surface area (Å²) < 4.78 is 16.9. The molecule has 0 radical (unpaired) electrons. The Hall–Kier alpha value is -1.59. The molecule has 0 amide bonds. The summed E-state index contributed by atoms with van der Waals surface area (Å²) in [5.74, 6) is 0.915. The molecule has 0 saturated carbocycles. The quantitative estimate of drug-likeness (QED) is 0.0343. The lowest BCUT2D eigenvalue weighted by Gasteiger charge is -2.18. The minimum absolute atomic E-state index is 0.0630. The van der Waals surface area contributed by atoms with E-state index in [1.807, 2.05) is 0 Å². The molecular formula is C60H116O6. The van der Waals surface area contributed by atoms with Gasteiger partial charge in [0.05, 0.1) is 0 Å². The van der Waals surface area contributed by atoms with E-state index in [1.165, 1.54) is 225 Å². The van der Waals surface area contributed by atoms with Crippen molar-refractivity contribution in [2.24, 2.45) is 11.8 Å². The maximum atomic E-state index is 12.8. The summed E-state index contributed by atoms with van der Waals surface area (Å²) >= 11 is 0. The van der Waals surface area contributed by atoms with Crippen molar-refractivity contribution in [3.63, 3.8) is 0 Å². The minimum Gasteiger partial charge on any atom is -0.462 e. The lowest BCUT2D eigenvalue weighted by atomic mass is 9.99. The lowest BCUT2D eigenvalue weighted by molar-refractivity contribution is -0.167. The van der Waals surface area contributed by atoms with Crippen LogP contribution in [-0.4, -0.2) is 37.2 Å². The highest BCUT2D eigenvalue weighted by Gasteiger charge is 2.19. The average Bonchev–Trinajstić information content (AvgIpc) is 3.32. The monoisotopic (exact) mass is 933 g/mol. The molecule has 0 aromatic rings. The van der Waals surface area contributed by atoms with Gasteiger partial charge in [-0.15, -0.1) is 0 Å². The number of carbonyl (C=O) groups excluding carboxylic acids is 3. The van der Waals surface area contributed by atoms with Crippen LogP contribution >= 0.6 is 0 Å². The lowest BCUT2D eigenvalue weighted by Crippen LogP contribution is -2.30. The number of hydrogen-bond donors (Lipinski definition) is 0. The van der Waals surface area contributed by atoms with E-state index in [0.29, 0.717) is 19.3 Å². The Morgan fingerprint density at radius 1 is 0.303 bits per heavy atom. The first kappa shape index (κ1) is 64.4. The van der Waals surface area contributed by atoms with Crippen LogP contribution in [0.5, 0.6) is 0 Å². The van der Waals surface area contributed by atoms with Crippen LogP contribution in [0.25, 0.3) is 0 Å². The molecule has 0 heterocycles. The van der Waals surface area contributed by atoms with Gasteiger partial charge in [0.15, 0.2) is 6.10 Å². The summed E-state index contributed by atoms with van der Waals surface area (Å²) in [7, 11) is 0. The number of esters is 3. The molecule has 392 valence electrons. The summed E-state index contributed by atoms with van der Waals surface area (Å²) in [4.78, 5) is 38.1. The van der Waals surface area contributed by atoms with Gasteiger partial charge < -0.3 is 14.2 Å². The molecule has 3 atom stereocenters. The molecule has 2 unspecified atom stereocenters. The zero-order valence-electron chi connectivity index (χ0n) is 45.3. The van der Waals surface area contributed by atoms with Crippen LogP contribution in [0.3, 0.4) is 0 Å². The van der Waals surface area contributed by atoms with Crippen LogP contribution in [0, 0.1) is 11.8 Å². The van der Waals surface area contributed by atoms with Crippen molar-refractivity contribution in [1.29, 1.82) is 0 Å². The van der Waals surface area contributed by atoms with E-state index >= 15 is 0 Å². The maximum absolute atomic E-state index is 12.8. The fraction of sp³-hybridized carbons (Fsp3) is 0.950. The maximum Gasteiger partial charge on any atom is 0.306 e. The van der Waals surface area contributed by atoms with Gasteiger partial charge in [-0.05, 0) is 31.1 Å². The summed E-state index contributed by atoms with van der Waals surface area (Å²) in [5, 5.41) is 0. The second kappa shape index (κ2) is 52.8. The first-order chi connectivity index (χ1) is 32.3. The number of ether oxygens (including phenoxy) is 3. The Bertz CT molecular complexity index is 1010. The van der Waals surface area contributed by atoms with E-state index in [4.69, 9.17) is 14.2 Å². The van der Waals surface area contributed by atoms with E-state index in [-0.39, 0.29) is 31.1 Å². The Morgan fingerprint density at radius 3 is 0.788 bits per heavy atom. The smallest absolute Gasteiger partial charge is 0.306 e. The van der Waals surface area contributed by atoms with Gasteiger partial charge >= 0.3 is 17.9 Å². The van der Waals surface area contributed by atoms with E-state index in [1.54, 1.807) is 0 Å². The highest BCUT2D eigenvalue weighted by atomic mass is 16.6. The highest BCUT2D eigenvalue weighted by molar-refractivity contribution is 5.71. The van der Waals surface area contributed by atoms with Gasteiger partial charge in [0.25, 0.3) is 0 Å². The summed E-state index contributed by atoms with van der Waals surface area (Å²) in [6, 6.07) is 0. The molecule has 0 N–H and O–H groups in total. The van der Waals surface area contributed by atoms with Crippen molar-refractivity contribution in [3.8, 4) is 0 Å². The normalized spacial score (nSPS) is 12.9. The molecule has 0 fully saturated rings. The summed E-state index contributed by atoms with van der Waals surface area (Å²) in [6.45, 7) is 11.5. The summed E-state index contributed by atoms with van der Waals surface area (Å²) in [6.07, 6.45) is 56.6. The Labute approximate surface area is 412 Å². The van der Waals surface area contributed by atoms with E-state index in [9.17, 15) is 14.4 Å². The first-order valence-corrected chi connectivity index (χ1v) is 29.8. The molecule has 0 aromatic carbocycles. The zero-order chi connectivity index (χ0) is 48.2. The predicted octanol–water partition coefficient (Wildman–Crippen LogP) is 19.7. The molecule has 0 bridgehead atoms. The van der Waals surface area contributed by atoms with Gasteiger partial charge in [0.2, 0.25) is 0 Å². The highest BCUT2D eigenvalue weighted by Crippen LogP contribution is 2.19. The molecule has 0 aliphatic heterocycles. The van der Waals surface area contributed by atoms with Crippen molar-refractivity contribution in [1.82, 2.24) is 0 Å². The second-order valence-electron chi connectivity index (χ2n) is 21.1. The van der Waals surface area contributed by atoms with Crippen molar-refractivity contribution in [3.05, 3.63) is 0 Å². The largest absolute Gasteiger partial charge is 0.462 e. The molecule has 0 spiro atoms. The topological polar surface area (TPSA) is 78.9 Å². The Kier molecular flexibility index (Phi) is 51.5. The predicted molar refractivity (Wildman–Crippen MR) is 284 cm³/mol. The minimum atomic E-state index is -0.763. The van der Waals surface area contributed by atoms with Gasteiger partial charge in [-0.2, -0.15) is 0 Å². The molecule has 6 nitrogen and oxygen atoms in total. The molecule has 0 rings (SSSR count). The number of hydrogen-bond acceptors (Lipinski definition) is 6. The Morgan fingerprint density at radius 2 is 0.530 bits per heavy atom. The van der Waals surface area contributed by atoms with Crippen LogP contribution in [0.1, 0.15) is 336 Å². The van der Waals surface area contributed by atoms with E-state index < -0.39 is 6.10 Å².